The van der Waals surface area contributed by atoms with Crippen LogP contribution in [-0.2, 0) is 4.79 Å². The van der Waals surface area contributed by atoms with E-state index in [1.165, 1.54) is 4.90 Å². The van der Waals surface area contributed by atoms with Crippen LogP contribution in [0.4, 0.5) is 10.5 Å². The van der Waals surface area contributed by atoms with Crippen LogP contribution in [0, 0.1) is 0 Å². The van der Waals surface area contributed by atoms with E-state index in [0.29, 0.717) is 18.7 Å². The van der Waals surface area contributed by atoms with E-state index in [1.54, 1.807) is 19.2 Å². The highest BCUT2D eigenvalue weighted by molar-refractivity contribution is 5.94. The van der Waals surface area contributed by atoms with E-state index < -0.39 is 6.04 Å². The van der Waals surface area contributed by atoms with Crippen LogP contribution in [0.15, 0.2) is 60.7 Å². The first-order chi connectivity index (χ1) is 12.2. The third kappa shape index (κ3) is 4.09. The fraction of sp³-hybridized carbons (Fsp3) is 0.263. The molecule has 0 spiro atoms. The number of benzene rings is 2. The van der Waals surface area contributed by atoms with Crippen LogP contribution in [0.1, 0.15) is 6.42 Å². The summed E-state index contributed by atoms with van der Waals surface area (Å²) in [6, 6.07) is 17.7. The van der Waals surface area contributed by atoms with E-state index in [0.717, 1.165) is 5.75 Å². The number of nitrogens with one attached hydrogen (secondary N) is 2. The molecular formula is C19H21N3O3. The highest BCUT2D eigenvalue weighted by atomic mass is 16.5. The summed E-state index contributed by atoms with van der Waals surface area (Å²) < 4.78 is 5.93. The molecule has 0 radical (unpaired) electrons. The molecule has 2 aromatic carbocycles. The number of likely N-dealkylation sites (tertiary alicyclic amines) is 1. The summed E-state index contributed by atoms with van der Waals surface area (Å²) in [6.07, 6.45) is 0.225. The van der Waals surface area contributed by atoms with E-state index in [9.17, 15) is 9.59 Å². The molecule has 1 fully saturated rings. The number of ether oxygens (including phenoxy) is 1. The molecule has 2 aromatic rings. The summed E-state index contributed by atoms with van der Waals surface area (Å²) in [6.45, 7) is 0.353. The number of hydrogen-bond donors (Lipinski definition) is 2. The molecule has 0 unspecified atom stereocenters. The topological polar surface area (TPSA) is 70.7 Å². The van der Waals surface area contributed by atoms with Crippen molar-refractivity contribution >= 4 is 17.6 Å². The Labute approximate surface area is 146 Å². The summed E-state index contributed by atoms with van der Waals surface area (Å²) in [5, 5.41) is 5.45. The van der Waals surface area contributed by atoms with Gasteiger partial charge in [0, 0.05) is 19.2 Å². The number of anilines is 1. The molecule has 3 amide bonds. The quantitative estimate of drug-likeness (QED) is 0.899. The number of hydrogen-bond acceptors (Lipinski definition) is 3. The maximum atomic E-state index is 12.6. The fourth-order valence-electron chi connectivity index (χ4n) is 2.93. The van der Waals surface area contributed by atoms with Gasteiger partial charge in [0.25, 0.3) is 0 Å². The smallest absolute Gasteiger partial charge is 0.322 e. The molecule has 0 aliphatic carbocycles. The Kier molecular flexibility index (Phi) is 5.18. The summed E-state index contributed by atoms with van der Waals surface area (Å²) in [5.41, 5.74) is 0.690. The molecule has 2 atom stereocenters. The highest BCUT2D eigenvalue weighted by Gasteiger charge is 2.40. The molecule has 130 valence electrons. The average molecular weight is 339 g/mol. The number of rotatable bonds is 4. The Balaban J connectivity index is 1.71. The molecule has 0 saturated carbocycles. The van der Waals surface area contributed by atoms with Crippen molar-refractivity contribution in [1.82, 2.24) is 10.2 Å². The lowest BCUT2D eigenvalue weighted by Crippen LogP contribution is -2.46. The van der Waals surface area contributed by atoms with Gasteiger partial charge < -0.3 is 20.3 Å². The fourth-order valence-corrected chi connectivity index (χ4v) is 2.93. The molecule has 1 aliphatic rings. The number of nitrogens with zero attached hydrogens (tertiary/aromatic N) is 1. The second-order valence-corrected chi connectivity index (χ2v) is 5.87. The van der Waals surface area contributed by atoms with Crippen molar-refractivity contribution in [3.8, 4) is 5.75 Å². The van der Waals surface area contributed by atoms with Gasteiger partial charge in [0.15, 0.2) is 0 Å². The third-order valence-corrected chi connectivity index (χ3v) is 4.14. The van der Waals surface area contributed by atoms with Crippen molar-refractivity contribution in [3.05, 3.63) is 60.7 Å². The Morgan fingerprint density at radius 1 is 1.04 bits per heavy atom. The van der Waals surface area contributed by atoms with E-state index in [2.05, 4.69) is 10.6 Å². The SMILES string of the molecule is CNC(=O)[C@@H]1C[C@H](Oc2ccccc2)CN1C(=O)Nc1ccccc1. The lowest BCUT2D eigenvalue weighted by Gasteiger charge is -2.23. The summed E-state index contributed by atoms with van der Waals surface area (Å²) >= 11 is 0. The molecule has 25 heavy (non-hydrogen) atoms. The van der Waals surface area contributed by atoms with Gasteiger partial charge in [-0.25, -0.2) is 4.79 Å². The average Bonchev–Trinajstić information content (AvgIpc) is 3.07. The van der Waals surface area contributed by atoms with Gasteiger partial charge in [-0.2, -0.15) is 0 Å². The van der Waals surface area contributed by atoms with E-state index in [4.69, 9.17) is 4.74 Å². The van der Waals surface area contributed by atoms with Crippen molar-refractivity contribution < 1.29 is 14.3 Å². The van der Waals surface area contributed by atoms with Crippen molar-refractivity contribution in [2.75, 3.05) is 18.9 Å². The van der Waals surface area contributed by atoms with Gasteiger partial charge in [-0.1, -0.05) is 36.4 Å². The number of amides is 3. The molecule has 2 N–H and O–H groups in total. The van der Waals surface area contributed by atoms with Crippen molar-refractivity contribution in [1.29, 1.82) is 0 Å². The molecule has 3 rings (SSSR count). The summed E-state index contributed by atoms with van der Waals surface area (Å²) in [5.74, 6) is 0.538. The second kappa shape index (κ2) is 7.70. The van der Waals surface area contributed by atoms with Crippen molar-refractivity contribution in [2.45, 2.75) is 18.6 Å². The summed E-state index contributed by atoms with van der Waals surface area (Å²) in [4.78, 5) is 26.3. The molecule has 6 heteroatoms. The minimum absolute atomic E-state index is 0.192. The lowest BCUT2D eigenvalue weighted by molar-refractivity contribution is -0.124. The first-order valence-electron chi connectivity index (χ1n) is 8.23. The van der Waals surface area contributed by atoms with Crippen LogP contribution < -0.4 is 15.4 Å². The molecule has 1 saturated heterocycles. The molecule has 6 nitrogen and oxygen atoms in total. The maximum Gasteiger partial charge on any atom is 0.322 e. The Morgan fingerprint density at radius 2 is 1.68 bits per heavy atom. The molecule has 0 aromatic heterocycles. The van der Waals surface area contributed by atoms with Crippen LogP contribution in [0.2, 0.25) is 0 Å². The number of para-hydroxylation sites is 2. The van der Waals surface area contributed by atoms with Gasteiger partial charge in [-0.3, -0.25) is 4.79 Å². The summed E-state index contributed by atoms with van der Waals surface area (Å²) in [7, 11) is 1.57. The number of carbonyl (C=O) groups is 2. The van der Waals surface area contributed by atoms with Crippen LogP contribution in [0.5, 0.6) is 5.75 Å². The zero-order valence-corrected chi connectivity index (χ0v) is 14.0. The molecular weight excluding hydrogens is 318 g/mol. The Bertz CT molecular complexity index is 721. The van der Waals surface area contributed by atoms with Crippen LogP contribution >= 0.6 is 0 Å². The van der Waals surface area contributed by atoms with Gasteiger partial charge in [-0.05, 0) is 24.3 Å². The first kappa shape index (κ1) is 16.8. The molecule has 0 bridgehead atoms. The van der Waals surface area contributed by atoms with Crippen LogP contribution in [-0.4, -0.2) is 42.6 Å². The van der Waals surface area contributed by atoms with Gasteiger partial charge in [-0.15, -0.1) is 0 Å². The highest BCUT2D eigenvalue weighted by Crippen LogP contribution is 2.24. The second-order valence-electron chi connectivity index (χ2n) is 5.87. The van der Waals surface area contributed by atoms with Crippen LogP contribution in [0.25, 0.3) is 0 Å². The monoisotopic (exact) mass is 339 g/mol. The number of carbonyl (C=O) groups excluding carboxylic acids is 2. The Hall–Kier alpha value is -3.02. The van der Waals surface area contributed by atoms with Crippen molar-refractivity contribution in [2.24, 2.45) is 0 Å². The van der Waals surface area contributed by atoms with Gasteiger partial charge in [0.05, 0.1) is 6.54 Å². The standard InChI is InChI=1S/C19H21N3O3/c1-20-18(23)17-12-16(25-15-10-6-3-7-11-15)13-22(17)19(24)21-14-8-4-2-5-9-14/h2-11,16-17H,12-13H2,1H3,(H,20,23)(H,21,24)/t16-,17-/m0/s1. The van der Waals surface area contributed by atoms with Gasteiger partial charge in [0.1, 0.15) is 17.9 Å². The molecule has 1 aliphatic heterocycles. The Morgan fingerprint density at radius 3 is 2.32 bits per heavy atom. The molecule has 1 heterocycles. The number of likely N-dealkylation sites (N-methyl/N-ethyl adjacent to an activating group) is 1. The lowest BCUT2D eigenvalue weighted by atomic mass is 10.2. The first-order valence-corrected chi connectivity index (χ1v) is 8.23. The van der Waals surface area contributed by atoms with E-state index in [-0.39, 0.29) is 18.0 Å². The predicted octanol–water partition coefficient (Wildman–Crippen LogP) is 2.49. The predicted molar refractivity (Wildman–Crippen MR) is 95.5 cm³/mol. The van der Waals surface area contributed by atoms with E-state index in [1.807, 2.05) is 48.5 Å². The zero-order valence-electron chi connectivity index (χ0n) is 14.0. The van der Waals surface area contributed by atoms with Crippen molar-refractivity contribution in [3.63, 3.8) is 0 Å². The van der Waals surface area contributed by atoms with Gasteiger partial charge in [0.2, 0.25) is 5.91 Å². The minimum atomic E-state index is -0.553. The number of urea groups is 1. The van der Waals surface area contributed by atoms with Gasteiger partial charge >= 0.3 is 6.03 Å². The normalized spacial score (nSPS) is 19.3. The third-order valence-electron chi connectivity index (χ3n) is 4.14. The maximum absolute atomic E-state index is 12.6. The largest absolute Gasteiger partial charge is 0.488 e. The zero-order chi connectivity index (χ0) is 17.6. The van der Waals surface area contributed by atoms with Crippen LogP contribution in [0.3, 0.4) is 0 Å². The van der Waals surface area contributed by atoms with E-state index >= 15 is 0 Å². The minimum Gasteiger partial charge on any atom is -0.488 e.